The van der Waals surface area contributed by atoms with Crippen LogP contribution >= 0.6 is 11.3 Å². The zero-order valence-electron chi connectivity index (χ0n) is 11.2. The lowest BCUT2D eigenvalue weighted by Crippen LogP contribution is -2.31. The van der Waals surface area contributed by atoms with Crippen molar-refractivity contribution in [2.45, 2.75) is 32.2 Å². The highest BCUT2D eigenvalue weighted by Crippen LogP contribution is 2.25. The van der Waals surface area contributed by atoms with Gasteiger partial charge in [0.25, 0.3) is 0 Å². The number of hydrogen-bond acceptors (Lipinski definition) is 5. The van der Waals surface area contributed by atoms with Crippen LogP contribution in [0.4, 0.5) is 0 Å². The second-order valence-electron chi connectivity index (χ2n) is 4.74. The Hall–Kier alpha value is -0.490. The van der Waals surface area contributed by atoms with E-state index in [1.54, 1.807) is 7.11 Å². The average Bonchev–Trinajstić information content (AvgIpc) is 2.78. The molecule has 1 aliphatic rings. The summed E-state index contributed by atoms with van der Waals surface area (Å²) in [5.74, 6) is 0. The van der Waals surface area contributed by atoms with Crippen molar-refractivity contribution >= 4 is 11.3 Å². The van der Waals surface area contributed by atoms with E-state index in [2.05, 4.69) is 4.90 Å². The predicted molar refractivity (Wildman–Crippen MR) is 75.0 cm³/mol. The van der Waals surface area contributed by atoms with Crippen LogP contribution < -0.4 is 5.73 Å². The van der Waals surface area contributed by atoms with E-state index in [1.165, 1.54) is 28.5 Å². The van der Waals surface area contributed by atoms with Crippen LogP contribution in [0.25, 0.3) is 0 Å². The van der Waals surface area contributed by atoms with Crippen LogP contribution in [-0.4, -0.2) is 43.2 Å². The van der Waals surface area contributed by atoms with Gasteiger partial charge in [0.15, 0.2) is 0 Å². The molecule has 0 bridgehead atoms. The Labute approximate surface area is 113 Å². The molecule has 2 heterocycles. The van der Waals surface area contributed by atoms with Crippen molar-refractivity contribution in [3.05, 3.63) is 15.6 Å². The third-order valence-electron chi connectivity index (χ3n) is 3.30. The van der Waals surface area contributed by atoms with E-state index in [1.807, 2.05) is 11.3 Å². The van der Waals surface area contributed by atoms with E-state index in [9.17, 15) is 0 Å². The van der Waals surface area contributed by atoms with Crippen molar-refractivity contribution in [1.82, 2.24) is 9.88 Å². The Morgan fingerprint density at radius 2 is 2.33 bits per heavy atom. The lowest BCUT2D eigenvalue weighted by molar-refractivity contribution is 0.202. The van der Waals surface area contributed by atoms with E-state index in [0.717, 1.165) is 45.5 Å². The fourth-order valence-electron chi connectivity index (χ4n) is 2.27. The van der Waals surface area contributed by atoms with Crippen molar-refractivity contribution in [2.24, 2.45) is 5.73 Å². The van der Waals surface area contributed by atoms with E-state index in [-0.39, 0.29) is 0 Å². The molecule has 0 spiro atoms. The summed E-state index contributed by atoms with van der Waals surface area (Å²) in [6.07, 6.45) is 4.38. The molecule has 0 fully saturated rings. The highest BCUT2D eigenvalue weighted by atomic mass is 32.1. The molecule has 18 heavy (non-hydrogen) atoms. The van der Waals surface area contributed by atoms with Crippen LogP contribution in [0.5, 0.6) is 0 Å². The van der Waals surface area contributed by atoms with Crippen LogP contribution in [-0.2, 0) is 24.1 Å². The van der Waals surface area contributed by atoms with E-state index >= 15 is 0 Å². The van der Waals surface area contributed by atoms with E-state index in [4.69, 9.17) is 15.5 Å². The van der Waals surface area contributed by atoms with Crippen molar-refractivity contribution in [3.63, 3.8) is 0 Å². The van der Waals surface area contributed by atoms with Gasteiger partial charge in [0.2, 0.25) is 0 Å². The summed E-state index contributed by atoms with van der Waals surface area (Å²) in [5, 5.41) is 1.23. The van der Waals surface area contributed by atoms with Gasteiger partial charge in [0.05, 0.1) is 17.3 Å². The maximum atomic E-state index is 5.53. The molecule has 1 aromatic rings. The average molecular weight is 269 g/mol. The molecule has 2 N–H and O–H groups in total. The molecular weight excluding hydrogens is 246 g/mol. The molecule has 0 unspecified atom stereocenters. The Morgan fingerprint density at radius 1 is 1.44 bits per heavy atom. The van der Waals surface area contributed by atoms with Gasteiger partial charge in [-0.2, -0.15) is 0 Å². The number of methoxy groups -OCH3 is 1. The summed E-state index contributed by atoms with van der Waals surface area (Å²) in [7, 11) is 1.74. The van der Waals surface area contributed by atoms with Gasteiger partial charge >= 0.3 is 0 Å². The minimum Gasteiger partial charge on any atom is -0.384 e. The van der Waals surface area contributed by atoms with Gasteiger partial charge in [0.1, 0.15) is 0 Å². The summed E-state index contributed by atoms with van der Waals surface area (Å²) in [5.41, 5.74) is 6.85. The summed E-state index contributed by atoms with van der Waals surface area (Å²) >= 11 is 1.86. The molecule has 0 aromatic carbocycles. The molecule has 0 aliphatic carbocycles. The zero-order valence-corrected chi connectivity index (χ0v) is 12.0. The van der Waals surface area contributed by atoms with Gasteiger partial charge in [-0.05, 0) is 25.9 Å². The van der Waals surface area contributed by atoms with Crippen molar-refractivity contribution in [1.29, 1.82) is 0 Å². The Morgan fingerprint density at radius 3 is 3.11 bits per heavy atom. The zero-order chi connectivity index (χ0) is 12.8. The van der Waals surface area contributed by atoms with Gasteiger partial charge in [-0.1, -0.05) is 0 Å². The maximum absolute atomic E-state index is 5.53. The Balaban J connectivity index is 1.86. The van der Waals surface area contributed by atoms with Gasteiger partial charge in [-0.3, -0.25) is 4.90 Å². The highest BCUT2D eigenvalue weighted by Gasteiger charge is 2.19. The molecule has 0 saturated carbocycles. The molecule has 5 heteroatoms. The number of ether oxygens (including phenoxy) is 1. The largest absolute Gasteiger partial charge is 0.384 e. The number of unbranched alkanes of at least 4 members (excludes halogenated alkanes) is 1. The summed E-state index contributed by atoms with van der Waals surface area (Å²) in [6, 6.07) is 0. The number of hydrogen-bond donors (Lipinski definition) is 1. The molecule has 1 aromatic heterocycles. The summed E-state index contributed by atoms with van der Waals surface area (Å²) in [4.78, 5) is 8.69. The first kappa shape index (κ1) is 13.9. The minimum atomic E-state index is 0.770. The van der Waals surface area contributed by atoms with Gasteiger partial charge in [0, 0.05) is 37.9 Å². The normalized spacial score (nSPS) is 15.9. The number of fused-ring (bicyclic) bond motifs is 1. The second-order valence-corrected chi connectivity index (χ2v) is 5.91. The minimum absolute atomic E-state index is 0.770. The van der Waals surface area contributed by atoms with Gasteiger partial charge in [-0.15, -0.1) is 11.3 Å². The lowest BCUT2D eigenvalue weighted by Gasteiger charge is -2.25. The molecule has 1 aliphatic heterocycles. The molecule has 0 amide bonds. The van der Waals surface area contributed by atoms with Gasteiger partial charge in [-0.25, -0.2) is 4.98 Å². The predicted octanol–water partition coefficient (Wildman–Crippen LogP) is 1.43. The van der Waals surface area contributed by atoms with Gasteiger partial charge < -0.3 is 10.5 Å². The monoisotopic (exact) mass is 269 g/mol. The number of nitrogens with two attached hydrogens (primary N) is 1. The standard InChI is InChI=1S/C13H23N3OS/c1-17-9-5-13-15-11-4-8-16(7-3-2-6-14)10-12(11)18-13/h2-10,14H2,1H3. The third kappa shape index (κ3) is 3.75. The molecular formula is C13H23N3OS. The van der Waals surface area contributed by atoms with Crippen molar-refractivity contribution < 1.29 is 4.74 Å². The third-order valence-corrected chi connectivity index (χ3v) is 4.45. The quantitative estimate of drug-likeness (QED) is 0.761. The van der Waals surface area contributed by atoms with Crippen LogP contribution in [0.15, 0.2) is 0 Å². The van der Waals surface area contributed by atoms with Crippen LogP contribution in [0.1, 0.15) is 28.4 Å². The Bertz CT molecular complexity index is 367. The molecule has 0 saturated heterocycles. The summed E-state index contributed by atoms with van der Waals surface area (Å²) in [6.45, 7) is 4.96. The number of rotatable bonds is 7. The SMILES string of the molecule is COCCc1nc2c(s1)CN(CCCCN)CC2. The van der Waals surface area contributed by atoms with Crippen LogP contribution in [0.2, 0.25) is 0 Å². The topological polar surface area (TPSA) is 51.4 Å². The van der Waals surface area contributed by atoms with E-state index in [0.29, 0.717) is 0 Å². The molecule has 0 radical (unpaired) electrons. The number of aromatic nitrogens is 1. The lowest BCUT2D eigenvalue weighted by atomic mass is 10.1. The summed E-state index contributed by atoms with van der Waals surface area (Å²) < 4.78 is 5.11. The fraction of sp³-hybridized carbons (Fsp3) is 0.769. The first-order valence-corrected chi connectivity index (χ1v) is 7.54. The highest BCUT2D eigenvalue weighted by molar-refractivity contribution is 7.11. The van der Waals surface area contributed by atoms with Crippen molar-refractivity contribution in [2.75, 3.05) is 33.4 Å². The molecule has 4 nitrogen and oxygen atoms in total. The van der Waals surface area contributed by atoms with E-state index < -0.39 is 0 Å². The maximum Gasteiger partial charge on any atom is 0.0954 e. The van der Waals surface area contributed by atoms with Crippen LogP contribution in [0.3, 0.4) is 0 Å². The fourth-order valence-corrected chi connectivity index (χ4v) is 3.41. The van der Waals surface area contributed by atoms with Crippen molar-refractivity contribution in [3.8, 4) is 0 Å². The second kappa shape index (κ2) is 7.19. The Kier molecular flexibility index (Phi) is 5.56. The van der Waals surface area contributed by atoms with Crippen LogP contribution in [0, 0.1) is 0 Å². The smallest absolute Gasteiger partial charge is 0.0954 e. The molecule has 102 valence electrons. The number of nitrogens with zero attached hydrogens (tertiary/aromatic N) is 2. The molecule has 0 atom stereocenters. The first-order chi connectivity index (χ1) is 8.83. The first-order valence-electron chi connectivity index (χ1n) is 6.72. The molecule has 2 rings (SSSR count). The number of thiazole rings is 1.